The minimum Gasteiger partial charge on any atom is -0.268 e. The summed E-state index contributed by atoms with van der Waals surface area (Å²) in [5, 5.41) is -0.227. The van der Waals surface area contributed by atoms with Crippen molar-refractivity contribution in [2.24, 2.45) is 0 Å². The minimum absolute atomic E-state index is 0.227. The van der Waals surface area contributed by atoms with E-state index >= 15 is 0 Å². The van der Waals surface area contributed by atoms with Crippen LogP contribution < -0.4 is 0 Å². The third-order valence-corrected chi connectivity index (χ3v) is 4.66. The van der Waals surface area contributed by atoms with Crippen LogP contribution in [0.2, 0.25) is 0 Å². The summed E-state index contributed by atoms with van der Waals surface area (Å²) in [6, 6.07) is 17.1. The van der Waals surface area contributed by atoms with Crippen molar-refractivity contribution in [2.75, 3.05) is 0 Å². The summed E-state index contributed by atoms with van der Waals surface area (Å²) in [6.45, 7) is 0.296. The fourth-order valence-electron chi connectivity index (χ4n) is 2.11. The van der Waals surface area contributed by atoms with Crippen molar-refractivity contribution < 1.29 is 9.59 Å². The molecule has 1 heterocycles. The van der Waals surface area contributed by atoms with Crippen molar-refractivity contribution in [3.63, 3.8) is 0 Å². The monoisotopic (exact) mass is 373 g/mol. The lowest BCUT2D eigenvalue weighted by molar-refractivity contribution is -0.123. The summed E-state index contributed by atoms with van der Waals surface area (Å²) in [5.74, 6) is -0.234. The van der Waals surface area contributed by atoms with Gasteiger partial charge < -0.3 is 0 Å². The molecule has 0 unspecified atom stereocenters. The molecule has 110 valence electrons. The lowest BCUT2D eigenvalue weighted by Gasteiger charge is -2.12. The number of nitrogens with zero attached hydrogens (tertiary/aromatic N) is 1. The molecule has 2 aromatic rings. The van der Waals surface area contributed by atoms with Crippen molar-refractivity contribution in [3.05, 3.63) is 75.1 Å². The molecule has 1 aliphatic rings. The number of hydrogen-bond donors (Lipinski definition) is 0. The summed E-state index contributed by atoms with van der Waals surface area (Å²) < 4.78 is 0.967. The molecule has 0 aromatic heterocycles. The molecule has 0 N–H and O–H groups in total. The molecule has 3 nitrogen and oxygen atoms in total. The van der Waals surface area contributed by atoms with E-state index in [-0.39, 0.29) is 11.1 Å². The second-order valence-electron chi connectivity index (χ2n) is 4.81. The first-order valence-electron chi connectivity index (χ1n) is 6.68. The van der Waals surface area contributed by atoms with Crippen LogP contribution in [0, 0.1) is 0 Å². The Bertz CT molecular complexity index is 741. The zero-order valence-electron chi connectivity index (χ0n) is 11.5. The molecular weight excluding hydrogens is 362 g/mol. The average molecular weight is 374 g/mol. The summed E-state index contributed by atoms with van der Waals surface area (Å²) in [4.78, 5) is 26.2. The minimum atomic E-state index is -0.234. The molecule has 2 amide bonds. The van der Waals surface area contributed by atoms with Gasteiger partial charge in [0, 0.05) is 4.47 Å². The van der Waals surface area contributed by atoms with Crippen LogP contribution in [0.1, 0.15) is 11.1 Å². The smallest absolute Gasteiger partial charge is 0.268 e. The molecule has 0 aliphatic carbocycles. The second-order valence-corrected chi connectivity index (χ2v) is 6.71. The highest BCUT2D eigenvalue weighted by molar-refractivity contribution is 9.10. The van der Waals surface area contributed by atoms with Crippen LogP contribution in [0.3, 0.4) is 0 Å². The summed E-state index contributed by atoms with van der Waals surface area (Å²) in [7, 11) is 0. The highest BCUT2D eigenvalue weighted by atomic mass is 79.9. The molecule has 1 saturated heterocycles. The number of halogens is 1. The van der Waals surface area contributed by atoms with Gasteiger partial charge in [-0.05, 0) is 41.1 Å². The summed E-state index contributed by atoms with van der Waals surface area (Å²) >= 11 is 4.36. The van der Waals surface area contributed by atoms with Crippen molar-refractivity contribution >= 4 is 44.9 Å². The van der Waals surface area contributed by atoms with Crippen molar-refractivity contribution in [1.82, 2.24) is 4.90 Å². The zero-order valence-corrected chi connectivity index (χ0v) is 13.9. The molecule has 2 aromatic carbocycles. The Labute approximate surface area is 141 Å². The quantitative estimate of drug-likeness (QED) is 0.732. The van der Waals surface area contributed by atoms with Gasteiger partial charge in [0.15, 0.2) is 0 Å². The number of carbonyl (C=O) groups excluding carboxylic acids is 2. The second kappa shape index (κ2) is 6.50. The van der Waals surface area contributed by atoms with Gasteiger partial charge >= 0.3 is 0 Å². The lowest BCUT2D eigenvalue weighted by atomic mass is 10.2. The van der Waals surface area contributed by atoms with Gasteiger partial charge in [-0.3, -0.25) is 14.5 Å². The Morgan fingerprint density at radius 1 is 1.00 bits per heavy atom. The van der Waals surface area contributed by atoms with Crippen molar-refractivity contribution in [3.8, 4) is 0 Å². The third kappa shape index (κ3) is 3.31. The molecule has 22 heavy (non-hydrogen) atoms. The number of rotatable bonds is 3. The van der Waals surface area contributed by atoms with Crippen molar-refractivity contribution in [2.45, 2.75) is 6.54 Å². The molecule has 0 spiro atoms. The van der Waals surface area contributed by atoms with E-state index in [0.29, 0.717) is 11.4 Å². The van der Waals surface area contributed by atoms with E-state index < -0.39 is 0 Å². The number of hydrogen-bond acceptors (Lipinski definition) is 3. The SMILES string of the molecule is O=C1SC(=Cc2ccccc2)C(=O)N1Cc1ccc(Br)cc1. The fourth-order valence-corrected chi connectivity index (χ4v) is 3.21. The van der Waals surface area contributed by atoms with E-state index in [9.17, 15) is 9.59 Å². The van der Waals surface area contributed by atoms with Gasteiger partial charge in [-0.1, -0.05) is 58.4 Å². The van der Waals surface area contributed by atoms with Crippen LogP contribution in [0.4, 0.5) is 4.79 Å². The van der Waals surface area contributed by atoms with E-state index in [2.05, 4.69) is 15.9 Å². The Morgan fingerprint density at radius 2 is 1.68 bits per heavy atom. The van der Waals surface area contributed by atoms with Gasteiger partial charge in [0.2, 0.25) is 0 Å². The summed E-state index contributed by atoms with van der Waals surface area (Å²) in [6.07, 6.45) is 1.76. The fraction of sp³-hybridized carbons (Fsp3) is 0.0588. The molecule has 0 atom stereocenters. The normalized spacial score (nSPS) is 16.6. The van der Waals surface area contributed by atoms with E-state index in [0.717, 1.165) is 27.4 Å². The Kier molecular flexibility index (Phi) is 4.45. The first kappa shape index (κ1) is 15.1. The highest BCUT2D eigenvalue weighted by Gasteiger charge is 2.34. The van der Waals surface area contributed by atoms with E-state index in [1.807, 2.05) is 54.6 Å². The van der Waals surface area contributed by atoms with Crippen LogP contribution in [0.15, 0.2) is 64.0 Å². The predicted octanol–water partition coefficient (Wildman–Crippen LogP) is 4.69. The number of imide groups is 1. The van der Waals surface area contributed by atoms with Crippen LogP contribution in [-0.4, -0.2) is 16.0 Å². The molecule has 3 rings (SSSR count). The maximum absolute atomic E-state index is 12.4. The number of carbonyl (C=O) groups is 2. The van der Waals surface area contributed by atoms with Crippen LogP contribution >= 0.6 is 27.7 Å². The first-order valence-corrected chi connectivity index (χ1v) is 8.29. The Morgan fingerprint density at radius 3 is 2.36 bits per heavy atom. The Balaban J connectivity index is 1.80. The molecule has 1 fully saturated rings. The van der Waals surface area contributed by atoms with E-state index in [1.165, 1.54) is 4.90 Å². The standard InChI is InChI=1S/C17H12BrNO2S/c18-14-8-6-13(7-9-14)11-19-16(20)15(22-17(19)21)10-12-4-2-1-3-5-12/h1-10H,11H2. The van der Waals surface area contributed by atoms with Gasteiger partial charge in [0.25, 0.3) is 11.1 Å². The molecule has 0 radical (unpaired) electrons. The summed E-state index contributed by atoms with van der Waals surface area (Å²) in [5.41, 5.74) is 1.84. The maximum Gasteiger partial charge on any atom is 0.293 e. The topological polar surface area (TPSA) is 37.4 Å². The first-order chi connectivity index (χ1) is 10.6. The number of amides is 2. The number of benzene rings is 2. The average Bonchev–Trinajstić information content (AvgIpc) is 2.78. The Hall–Kier alpha value is -1.85. The van der Waals surface area contributed by atoms with Gasteiger partial charge in [-0.25, -0.2) is 0 Å². The molecule has 0 bridgehead atoms. The molecule has 1 aliphatic heterocycles. The van der Waals surface area contributed by atoms with Gasteiger partial charge in [-0.2, -0.15) is 0 Å². The van der Waals surface area contributed by atoms with Crippen LogP contribution in [-0.2, 0) is 11.3 Å². The van der Waals surface area contributed by atoms with E-state index in [1.54, 1.807) is 6.08 Å². The molecule has 0 saturated carbocycles. The highest BCUT2D eigenvalue weighted by Crippen LogP contribution is 2.33. The molecule has 5 heteroatoms. The van der Waals surface area contributed by atoms with Gasteiger partial charge in [-0.15, -0.1) is 0 Å². The lowest BCUT2D eigenvalue weighted by Crippen LogP contribution is -2.27. The predicted molar refractivity (Wildman–Crippen MR) is 92.1 cm³/mol. The molecular formula is C17H12BrNO2S. The zero-order chi connectivity index (χ0) is 15.5. The number of thioether (sulfide) groups is 1. The van der Waals surface area contributed by atoms with Crippen LogP contribution in [0.5, 0.6) is 0 Å². The largest absolute Gasteiger partial charge is 0.293 e. The van der Waals surface area contributed by atoms with Crippen molar-refractivity contribution in [1.29, 1.82) is 0 Å². The van der Waals surface area contributed by atoms with Gasteiger partial charge in [0.1, 0.15) is 0 Å². The van der Waals surface area contributed by atoms with Gasteiger partial charge in [0.05, 0.1) is 11.4 Å². The van der Waals surface area contributed by atoms with E-state index in [4.69, 9.17) is 0 Å². The third-order valence-electron chi connectivity index (χ3n) is 3.22. The maximum atomic E-state index is 12.4. The van der Waals surface area contributed by atoms with Crippen LogP contribution in [0.25, 0.3) is 6.08 Å².